The summed E-state index contributed by atoms with van der Waals surface area (Å²) in [5, 5.41) is 0. The number of piperidine rings is 1. The Hall–Kier alpha value is -0.0800. The molecule has 0 atom stereocenters. The third-order valence-corrected chi connectivity index (χ3v) is 5.64. The Morgan fingerprint density at radius 1 is 0.560 bits per heavy atom. The van der Waals surface area contributed by atoms with Crippen molar-refractivity contribution in [1.29, 1.82) is 0 Å². The summed E-state index contributed by atoms with van der Waals surface area (Å²) < 4.78 is 5.80. The first-order valence-corrected chi connectivity index (χ1v) is 11.7. The van der Waals surface area contributed by atoms with E-state index in [9.17, 15) is 0 Å². The van der Waals surface area contributed by atoms with Gasteiger partial charge in [-0.25, -0.2) is 0 Å². The average molecular weight is 354 g/mol. The molecule has 1 aliphatic rings. The first-order chi connectivity index (χ1) is 12.4. The highest BCUT2D eigenvalue weighted by molar-refractivity contribution is 4.63. The van der Waals surface area contributed by atoms with Gasteiger partial charge in [-0.1, -0.05) is 96.8 Å². The Balaban J connectivity index is 1.65. The highest BCUT2D eigenvalue weighted by Crippen LogP contribution is 2.13. The van der Waals surface area contributed by atoms with Gasteiger partial charge in [0.2, 0.25) is 0 Å². The molecular weight excluding hydrogens is 306 g/mol. The number of unbranched alkanes of at least 4 members (excludes halogenated alkanes) is 13. The number of hydrogen-bond acceptors (Lipinski definition) is 2. The van der Waals surface area contributed by atoms with E-state index in [0.29, 0.717) is 0 Å². The standard InChI is InChI=1S/C23H47NO/c1-2-3-4-5-6-7-8-9-10-11-12-13-14-18-22-25-23-21-24-19-16-15-17-20-24/h2-23H2,1H3. The molecule has 1 saturated heterocycles. The molecule has 0 radical (unpaired) electrons. The Bertz CT molecular complexity index is 250. The fourth-order valence-corrected chi connectivity index (χ4v) is 3.88. The molecule has 25 heavy (non-hydrogen) atoms. The smallest absolute Gasteiger partial charge is 0.0593 e. The first-order valence-electron chi connectivity index (χ1n) is 11.7. The van der Waals surface area contributed by atoms with Crippen molar-refractivity contribution < 1.29 is 4.74 Å². The van der Waals surface area contributed by atoms with Gasteiger partial charge >= 0.3 is 0 Å². The molecule has 0 saturated carbocycles. The molecule has 1 aliphatic heterocycles. The van der Waals surface area contributed by atoms with Crippen LogP contribution in [0.5, 0.6) is 0 Å². The highest BCUT2D eigenvalue weighted by atomic mass is 16.5. The predicted molar refractivity (Wildman–Crippen MR) is 111 cm³/mol. The van der Waals surface area contributed by atoms with Crippen molar-refractivity contribution in [2.24, 2.45) is 0 Å². The van der Waals surface area contributed by atoms with Gasteiger partial charge in [0.25, 0.3) is 0 Å². The van der Waals surface area contributed by atoms with Gasteiger partial charge in [0.05, 0.1) is 6.61 Å². The van der Waals surface area contributed by atoms with Crippen LogP contribution in [-0.4, -0.2) is 37.7 Å². The van der Waals surface area contributed by atoms with Crippen molar-refractivity contribution in [3.8, 4) is 0 Å². The van der Waals surface area contributed by atoms with E-state index in [2.05, 4.69) is 11.8 Å². The molecule has 1 rings (SSSR count). The van der Waals surface area contributed by atoms with Crippen molar-refractivity contribution in [2.75, 3.05) is 32.8 Å². The van der Waals surface area contributed by atoms with Crippen LogP contribution >= 0.6 is 0 Å². The quantitative estimate of drug-likeness (QED) is 0.247. The monoisotopic (exact) mass is 353 g/mol. The van der Waals surface area contributed by atoms with Gasteiger partial charge in [-0.3, -0.25) is 0 Å². The van der Waals surface area contributed by atoms with Gasteiger partial charge in [-0.05, 0) is 32.4 Å². The summed E-state index contributed by atoms with van der Waals surface area (Å²) in [4.78, 5) is 2.56. The molecule has 150 valence electrons. The van der Waals surface area contributed by atoms with Gasteiger partial charge in [-0.15, -0.1) is 0 Å². The van der Waals surface area contributed by atoms with Crippen molar-refractivity contribution in [2.45, 2.75) is 116 Å². The molecular formula is C23H47NO. The average Bonchev–Trinajstić information content (AvgIpc) is 2.65. The molecule has 0 aliphatic carbocycles. The van der Waals surface area contributed by atoms with Crippen LogP contribution in [0.15, 0.2) is 0 Å². The van der Waals surface area contributed by atoms with Crippen LogP contribution in [-0.2, 0) is 4.74 Å². The fraction of sp³-hybridized carbons (Fsp3) is 1.00. The van der Waals surface area contributed by atoms with E-state index >= 15 is 0 Å². The molecule has 2 nitrogen and oxygen atoms in total. The summed E-state index contributed by atoms with van der Waals surface area (Å²) in [5.74, 6) is 0. The number of rotatable bonds is 18. The fourth-order valence-electron chi connectivity index (χ4n) is 3.88. The third kappa shape index (κ3) is 15.9. The normalized spacial score (nSPS) is 15.7. The van der Waals surface area contributed by atoms with E-state index in [1.807, 2.05) is 0 Å². The lowest BCUT2D eigenvalue weighted by molar-refractivity contribution is 0.0938. The maximum Gasteiger partial charge on any atom is 0.0593 e. The van der Waals surface area contributed by atoms with Gasteiger partial charge in [0, 0.05) is 13.2 Å². The summed E-state index contributed by atoms with van der Waals surface area (Å²) in [5.41, 5.74) is 0. The van der Waals surface area contributed by atoms with Crippen LogP contribution in [0.2, 0.25) is 0 Å². The lowest BCUT2D eigenvalue weighted by Crippen LogP contribution is -2.32. The Morgan fingerprint density at radius 3 is 1.56 bits per heavy atom. The number of nitrogens with zero attached hydrogens (tertiary/aromatic N) is 1. The van der Waals surface area contributed by atoms with Gasteiger partial charge < -0.3 is 9.64 Å². The highest BCUT2D eigenvalue weighted by Gasteiger charge is 2.08. The molecule has 0 N–H and O–H groups in total. The van der Waals surface area contributed by atoms with Crippen molar-refractivity contribution in [1.82, 2.24) is 4.90 Å². The molecule has 0 aromatic heterocycles. The summed E-state index contributed by atoms with van der Waals surface area (Å²) in [6.45, 7) is 7.96. The third-order valence-electron chi connectivity index (χ3n) is 5.64. The number of ether oxygens (including phenoxy) is 1. The van der Waals surface area contributed by atoms with Crippen molar-refractivity contribution in [3.63, 3.8) is 0 Å². The van der Waals surface area contributed by atoms with Crippen LogP contribution in [0.25, 0.3) is 0 Å². The largest absolute Gasteiger partial charge is 0.380 e. The van der Waals surface area contributed by atoms with Crippen LogP contribution in [0, 0.1) is 0 Å². The van der Waals surface area contributed by atoms with Gasteiger partial charge in [-0.2, -0.15) is 0 Å². The van der Waals surface area contributed by atoms with E-state index in [0.717, 1.165) is 19.8 Å². The van der Waals surface area contributed by atoms with Crippen molar-refractivity contribution >= 4 is 0 Å². The molecule has 1 fully saturated rings. The zero-order valence-electron chi connectivity index (χ0n) is 17.4. The van der Waals surface area contributed by atoms with E-state index in [1.165, 1.54) is 122 Å². The molecule has 2 heteroatoms. The Kier molecular flexibility index (Phi) is 17.2. The predicted octanol–water partition coefficient (Wildman–Crippen LogP) is 6.97. The summed E-state index contributed by atoms with van der Waals surface area (Å²) in [7, 11) is 0. The van der Waals surface area contributed by atoms with Crippen LogP contribution in [0.1, 0.15) is 116 Å². The van der Waals surface area contributed by atoms with E-state index < -0.39 is 0 Å². The molecule has 0 amide bonds. The topological polar surface area (TPSA) is 12.5 Å². The SMILES string of the molecule is CCCCCCCCCCCCCCCCOCCN1CCCCC1. The second-order valence-electron chi connectivity index (χ2n) is 8.11. The zero-order chi connectivity index (χ0) is 17.8. The lowest BCUT2D eigenvalue weighted by atomic mass is 10.0. The molecule has 0 aromatic rings. The summed E-state index contributed by atoms with van der Waals surface area (Å²) in [6, 6.07) is 0. The molecule has 0 spiro atoms. The van der Waals surface area contributed by atoms with E-state index in [4.69, 9.17) is 4.74 Å². The van der Waals surface area contributed by atoms with Crippen LogP contribution in [0.3, 0.4) is 0 Å². The minimum absolute atomic E-state index is 0.943. The van der Waals surface area contributed by atoms with E-state index in [1.54, 1.807) is 0 Å². The van der Waals surface area contributed by atoms with Gasteiger partial charge in [0.15, 0.2) is 0 Å². The second kappa shape index (κ2) is 18.7. The minimum atomic E-state index is 0.943. The van der Waals surface area contributed by atoms with E-state index in [-0.39, 0.29) is 0 Å². The molecule has 0 bridgehead atoms. The Morgan fingerprint density at radius 2 is 1.04 bits per heavy atom. The summed E-state index contributed by atoms with van der Waals surface area (Å²) in [6.07, 6.45) is 24.2. The maximum absolute atomic E-state index is 5.80. The van der Waals surface area contributed by atoms with Crippen LogP contribution < -0.4 is 0 Å². The molecule has 0 aromatic carbocycles. The Labute approximate surface area is 159 Å². The zero-order valence-corrected chi connectivity index (χ0v) is 17.4. The minimum Gasteiger partial charge on any atom is -0.380 e. The lowest BCUT2D eigenvalue weighted by Gasteiger charge is -2.26. The maximum atomic E-state index is 5.80. The first kappa shape index (κ1) is 23.0. The second-order valence-corrected chi connectivity index (χ2v) is 8.11. The van der Waals surface area contributed by atoms with Crippen LogP contribution in [0.4, 0.5) is 0 Å². The molecule has 1 heterocycles. The molecule has 0 unspecified atom stereocenters. The van der Waals surface area contributed by atoms with Crippen molar-refractivity contribution in [3.05, 3.63) is 0 Å². The summed E-state index contributed by atoms with van der Waals surface area (Å²) >= 11 is 0. The number of hydrogen-bond donors (Lipinski definition) is 0. The van der Waals surface area contributed by atoms with Gasteiger partial charge in [0.1, 0.15) is 0 Å². The number of likely N-dealkylation sites (tertiary alicyclic amines) is 1.